The van der Waals surface area contributed by atoms with Gasteiger partial charge in [-0.05, 0) is 61.2 Å². The minimum Gasteiger partial charge on any atom is -0.492 e. The predicted molar refractivity (Wildman–Crippen MR) is 151 cm³/mol. The first-order valence-electron chi connectivity index (χ1n) is 11.8. The molecule has 0 saturated heterocycles. The predicted octanol–water partition coefficient (Wildman–Crippen LogP) is 6.31. The fourth-order valence-corrected chi connectivity index (χ4v) is 5.74. The summed E-state index contributed by atoms with van der Waals surface area (Å²) in [5.41, 5.74) is 2.68. The minimum absolute atomic E-state index is 0.0917. The zero-order valence-electron chi connectivity index (χ0n) is 20.6. The summed E-state index contributed by atoms with van der Waals surface area (Å²) in [6.45, 7) is 1.74. The van der Waals surface area contributed by atoms with Crippen LogP contribution in [0.5, 0.6) is 5.75 Å². The van der Waals surface area contributed by atoms with E-state index in [1.807, 2.05) is 61.7 Å². The Bertz CT molecular complexity index is 1460. The first kappa shape index (κ1) is 26.3. The van der Waals surface area contributed by atoms with Crippen molar-refractivity contribution in [1.82, 2.24) is 0 Å². The van der Waals surface area contributed by atoms with Gasteiger partial charge in [0.2, 0.25) is 5.91 Å². The summed E-state index contributed by atoms with van der Waals surface area (Å²) in [7, 11) is -4.09. The van der Waals surface area contributed by atoms with Crippen molar-refractivity contribution in [2.45, 2.75) is 16.7 Å². The molecule has 0 fully saturated rings. The summed E-state index contributed by atoms with van der Waals surface area (Å²) in [5.74, 6) is -0.0919. The standard InChI is InChI=1S/C29H28N2O4S2/c1-3-35-28-16-10-9-15-27(28)31(37(33,34)24-19-17-23(36-2)18-20-24)21-29(32)30-26-14-8-7-13-25(26)22-11-5-4-6-12-22/h4-20H,3,21H2,1-2H3,(H,30,32). The molecule has 0 aromatic heterocycles. The van der Waals surface area contributed by atoms with Crippen LogP contribution in [0.2, 0.25) is 0 Å². The van der Waals surface area contributed by atoms with Gasteiger partial charge >= 0.3 is 0 Å². The van der Waals surface area contributed by atoms with Crippen LogP contribution in [0.25, 0.3) is 11.1 Å². The number of sulfonamides is 1. The molecule has 0 aliphatic rings. The molecule has 0 atom stereocenters. The van der Waals surface area contributed by atoms with Gasteiger partial charge in [-0.1, -0.05) is 60.7 Å². The first-order valence-corrected chi connectivity index (χ1v) is 14.4. The number of para-hydroxylation sites is 3. The third kappa shape index (κ3) is 6.15. The number of ether oxygens (including phenoxy) is 1. The van der Waals surface area contributed by atoms with Gasteiger partial charge in [0.15, 0.2) is 0 Å². The van der Waals surface area contributed by atoms with Crippen molar-refractivity contribution >= 4 is 39.1 Å². The lowest BCUT2D eigenvalue weighted by molar-refractivity contribution is -0.114. The van der Waals surface area contributed by atoms with Gasteiger partial charge in [-0.15, -0.1) is 11.8 Å². The molecule has 1 amide bonds. The van der Waals surface area contributed by atoms with Gasteiger partial charge in [-0.25, -0.2) is 8.42 Å². The number of hydrogen-bond donors (Lipinski definition) is 1. The Balaban J connectivity index is 1.70. The number of thioether (sulfide) groups is 1. The molecule has 4 rings (SSSR count). The van der Waals surface area contributed by atoms with Gasteiger partial charge in [-0.3, -0.25) is 9.10 Å². The van der Waals surface area contributed by atoms with Gasteiger partial charge in [0, 0.05) is 16.1 Å². The molecule has 6 nitrogen and oxygen atoms in total. The van der Waals surface area contributed by atoms with Crippen molar-refractivity contribution in [3.05, 3.63) is 103 Å². The van der Waals surface area contributed by atoms with Crippen LogP contribution in [-0.4, -0.2) is 33.7 Å². The number of benzene rings is 4. The molecule has 0 bridgehead atoms. The van der Waals surface area contributed by atoms with Crippen LogP contribution in [0.3, 0.4) is 0 Å². The third-order valence-electron chi connectivity index (χ3n) is 5.65. The summed E-state index contributed by atoms with van der Waals surface area (Å²) in [6.07, 6.45) is 1.92. The lowest BCUT2D eigenvalue weighted by Crippen LogP contribution is -2.38. The molecule has 37 heavy (non-hydrogen) atoms. The number of carbonyl (C=O) groups is 1. The molecular weight excluding hydrogens is 504 g/mol. The highest BCUT2D eigenvalue weighted by Gasteiger charge is 2.29. The van der Waals surface area contributed by atoms with Crippen LogP contribution in [0.15, 0.2) is 113 Å². The Hall–Kier alpha value is -3.75. The Morgan fingerprint density at radius 1 is 0.865 bits per heavy atom. The molecule has 0 heterocycles. The van der Waals surface area contributed by atoms with Crippen molar-refractivity contribution in [3.8, 4) is 16.9 Å². The lowest BCUT2D eigenvalue weighted by atomic mass is 10.0. The van der Waals surface area contributed by atoms with Crippen molar-refractivity contribution in [3.63, 3.8) is 0 Å². The van der Waals surface area contributed by atoms with E-state index in [0.717, 1.165) is 20.3 Å². The van der Waals surface area contributed by atoms with Crippen molar-refractivity contribution in [2.75, 3.05) is 29.0 Å². The Kier molecular flexibility index (Phi) is 8.53. The summed E-state index contributed by atoms with van der Waals surface area (Å²) in [4.78, 5) is 14.4. The van der Waals surface area contributed by atoms with Crippen molar-refractivity contribution < 1.29 is 17.9 Å². The van der Waals surface area contributed by atoms with E-state index >= 15 is 0 Å². The monoisotopic (exact) mass is 532 g/mol. The van der Waals surface area contributed by atoms with Crippen LogP contribution in [0, 0.1) is 0 Å². The highest BCUT2D eigenvalue weighted by atomic mass is 32.2. The molecule has 0 spiro atoms. The van der Waals surface area contributed by atoms with E-state index in [2.05, 4.69) is 5.32 Å². The van der Waals surface area contributed by atoms with Gasteiger partial charge in [0.25, 0.3) is 10.0 Å². The van der Waals surface area contributed by atoms with Crippen LogP contribution < -0.4 is 14.4 Å². The first-order chi connectivity index (χ1) is 17.9. The summed E-state index contributed by atoms with van der Waals surface area (Å²) >= 11 is 1.52. The van der Waals surface area contributed by atoms with Gasteiger partial charge in [0.05, 0.1) is 17.2 Å². The number of carbonyl (C=O) groups excluding carboxylic acids is 1. The van der Waals surface area contributed by atoms with E-state index in [-0.39, 0.29) is 4.90 Å². The molecular formula is C29H28N2O4S2. The average molecular weight is 533 g/mol. The molecule has 4 aromatic carbocycles. The molecule has 0 radical (unpaired) electrons. The van der Waals surface area contributed by atoms with E-state index in [4.69, 9.17) is 4.74 Å². The summed E-state index contributed by atoms with van der Waals surface area (Å²) in [5, 5.41) is 2.91. The second-order valence-electron chi connectivity index (χ2n) is 8.05. The summed E-state index contributed by atoms with van der Waals surface area (Å²) < 4.78 is 34.5. The highest BCUT2D eigenvalue weighted by molar-refractivity contribution is 7.98. The maximum atomic E-state index is 13.8. The zero-order valence-corrected chi connectivity index (χ0v) is 22.3. The van der Waals surface area contributed by atoms with Crippen molar-refractivity contribution in [2.24, 2.45) is 0 Å². The molecule has 4 aromatic rings. The Morgan fingerprint density at radius 3 is 2.22 bits per heavy atom. The smallest absolute Gasteiger partial charge is 0.264 e. The fourth-order valence-electron chi connectivity index (χ4n) is 3.90. The Morgan fingerprint density at radius 2 is 1.51 bits per heavy atom. The van der Waals surface area contributed by atoms with Crippen LogP contribution in [0.4, 0.5) is 11.4 Å². The maximum Gasteiger partial charge on any atom is 0.264 e. The molecule has 0 saturated carbocycles. The van der Waals surface area contributed by atoms with Crippen LogP contribution in [-0.2, 0) is 14.8 Å². The second-order valence-corrected chi connectivity index (χ2v) is 10.8. The Labute approximate surface area is 222 Å². The molecule has 190 valence electrons. The largest absolute Gasteiger partial charge is 0.492 e. The molecule has 0 unspecified atom stereocenters. The summed E-state index contributed by atoms with van der Waals surface area (Å²) in [6, 6.07) is 30.6. The van der Waals surface area contributed by atoms with E-state index in [9.17, 15) is 13.2 Å². The quantitative estimate of drug-likeness (QED) is 0.242. The topological polar surface area (TPSA) is 75.7 Å². The SMILES string of the molecule is CCOc1ccccc1N(CC(=O)Nc1ccccc1-c1ccccc1)S(=O)(=O)c1ccc(SC)cc1. The number of hydrogen-bond acceptors (Lipinski definition) is 5. The van der Waals surface area contributed by atoms with E-state index < -0.39 is 22.5 Å². The van der Waals surface area contributed by atoms with Crippen LogP contribution in [0.1, 0.15) is 6.92 Å². The van der Waals surface area contributed by atoms with E-state index in [0.29, 0.717) is 23.7 Å². The van der Waals surface area contributed by atoms with Gasteiger partial charge < -0.3 is 10.1 Å². The number of anilines is 2. The van der Waals surface area contributed by atoms with Gasteiger partial charge in [-0.2, -0.15) is 0 Å². The number of nitrogens with zero attached hydrogens (tertiary/aromatic N) is 1. The molecule has 0 aliphatic heterocycles. The minimum atomic E-state index is -4.09. The highest BCUT2D eigenvalue weighted by Crippen LogP contribution is 2.33. The van der Waals surface area contributed by atoms with Crippen LogP contribution >= 0.6 is 11.8 Å². The van der Waals surface area contributed by atoms with Crippen molar-refractivity contribution in [1.29, 1.82) is 0 Å². The van der Waals surface area contributed by atoms with Gasteiger partial charge in [0.1, 0.15) is 12.3 Å². The zero-order chi connectivity index (χ0) is 26.3. The van der Waals surface area contributed by atoms with E-state index in [1.54, 1.807) is 54.6 Å². The molecule has 1 N–H and O–H groups in total. The molecule has 0 aliphatic carbocycles. The second kappa shape index (κ2) is 12.0. The average Bonchev–Trinajstić information content (AvgIpc) is 2.93. The van der Waals surface area contributed by atoms with E-state index in [1.165, 1.54) is 11.8 Å². The lowest BCUT2D eigenvalue weighted by Gasteiger charge is -2.26. The maximum absolute atomic E-state index is 13.8. The molecule has 8 heteroatoms. The number of nitrogens with one attached hydrogen (secondary N) is 1. The normalized spacial score (nSPS) is 11.1. The fraction of sp³-hybridized carbons (Fsp3) is 0.138. The third-order valence-corrected chi connectivity index (χ3v) is 8.17. The number of rotatable bonds is 10. The number of amides is 1.